The van der Waals surface area contributed by atoms with Gasteiger partial charge in [-0.3, -0.25) is 5.10 Å². The summed E-state index contributed by atoms with van der Waals surface area (Å²) >= 11 is 0. The summed E-state index contributed by atoms with van der Waals surface area (Å²) in [7, 11) is 4.75. The number of hydrogen-bond acceptors (Lipinski definition) is 6. The Bertz CT molecular complexity index is 1030. The van der Waals surface area contributed by atoms with E-state index in [9.17, 15) is 0 Å². The van der Waals surface area contributed by atoms with Gasteiger partial charge < -0.3 is 18.6 Å². The van der Waals surface area contributed by atoms with Gasteiger partial charge in [0, 0.05) is 17.3 Å². The maximum atomic E-state index is 5.46. The van der Waals surface area contributed by atoms with E-state index in [2.05, 4.69) is 15.2 Å². The third-order valence-electron chi connectivity index (χ3n) is 4.24. The number of pyridine rings is 1. The quantitative estimate of drug-likeness (QED) is 0.587. The number of hydrogen-bond donors (Lipinski definition) is 1. The Morgan fingerprint density at radius 3 is 2.35 bits per heavy atom. The van der Waals surface area contributed by atoms with Gasteiger partial charge in [-0.25, -0.2) is 4.98 Å². The monoisotopic (exact) mass is 351 g/mol. The second-order valence-electron chi connectivity index (χ2n) is 5.58. The van der Waals surface area contributed by atoms with Gasteiger partial charge in [0.25, 0.3) is 0 Å². The largest absolute Gasteiger partial charge is 0.493 e. The highest BCUT2D eigenvalue weighted by Gasteiger charge is 2.19. The normalized spacial score (nSPS) is 10.9. The zero-order chi connectivity index (χ0) is 18.1. The topological polar surface area (TPSA) is 82.4 Å². The minimum absolute atomic E-state index is 0.538. The number of nitrogens with one attached hydrogen (secondary N) is 1. The second-order valence-corrected chi connectivity index (χ2v) is 5.58. The first-order valence-corrected chi connectivity index (χ1v) is 7.92. The summed E-state index contributed by atoms with van der Waals surface area (Å²) < 4.78 is 21.6. The van der Waals surface area contributed by atoms with Crippen molar-refractivity contribution >= 4 is 11.0 Å². The van der Waals surface area contributed by atoms with Gasteiger partial charge in [-0.05, 0) is 29.8 Å². The lowest BCUT2D eigenvalue weighted by Gasteiger charge is -2.14. The van der Waals surface area contributed by atoms with Crippen LogP contribution in [0.4, 0.5) is 0 Å². The van der Waals surface area contributed by atoms with E-state index in [1.165, 1.54) is 0 Å². The number of ether oxygens (including phenoxy) is 3. The number of furan rings is 1. The number of rotatable bonds is 5. The molecule has 132 valence electrons. The SMILES string of the molecule is COc1cc(-c2[nH]nc3nccc(-c4ccoc4)c23)cc(OC)c1OC. The summed E-state index contributed by atoms with van der Waals surface area (Å²) in [4.78, 5) is 4.36. The molecule has 0 aliphatic heterocycles. The van der Waals surface area contributed by atoms with Gasteiger partial charge in [-0.1, -0.05) is 0 Å². The third-order valence-corrected chi connectivity index (χ3v) is 4.24. The lowest BCUT2D eigenvalue weighted by Crippen LogP contribution is -1.96. The molecule has 7 heteroatoms. The van der Waals surface area contributed by atoms with E-state index in [0.717, 1.165) is 27.8 Å². The van der Waals surface area contributed by atoms with Crippen LogP contribution in [-0.2, 0) is 0 Å². The zero-order valence-electron chi connectivity index (χ0n) is 14.6. The maximum Gasteiger partial charge on any atom is 0.203 e. The average Bonchev–Trinajstić information content (AvgIpc) is 3.36. The molecule has 7 nitrogen and oxygen atoms in total. The Morgan fingerprint density at radius 1 is 0.962 bits per heavy atom. The average molecular weight is 351 g/mol. The Balaban J connectivity index is 1.98. The molecular formula is C19H17N3O4. The predicted molar refractivity (Wildman–Crippen MR) is 96.7 cm³/mol. The fourth-order valence-corrected chi connectivity index (χ4v) is 3.04. The van der Waals surface area contributed by atoms with Crippen molar-refractivity contribution in [1.82, 2.24) is 15.2 Å². The highest BCUT2D eigenvalue weighted by Crippen LogP contribution is 2.43. The van der Waals surface area contributed by atoms with Crippen LogP contribution in [0.3, 0.4) is 0 Å². The molecule has 0 aliphatic carbocycles. The third kappa shape index (κ3) is 2.45. The van der Waals surface area contributed by atoms with E-state index >= 15 is 0 Å². The predicted octanol–water partition coefficient (Wildman–Crippen LogP) is 3.91. The van der Waals surface area contributed by atoms with Crippen molar-refractivity contribution in [2.75, 3.05) is 21.3 Å². The van der Waals surface area contributed by atoms with E-state index < -0.39 is 0 Å². The molecule has 0 radical (unpaired) electrons. The van der Waals surface area contributed by atoms with Crippen molar-refractivity contribution < 1.29 is 18.6 Å². The van der Waals surface area contributed by atoms with Gasteiger partial charge in [0.1, 0.15) is 0 Å². The van der Waals surface area contributed by atoms with Crippen molar-refractivity contribution in [2.45, 2.75) is 0 Å². The Kier molecular flexibility index (Phi) is 3.96. The molecule has 0 bridgehead atoms. The molecule has 1 aromatic carbocycles. The molecule has 0 unspecified atom stereocenters. The summed E-state index contributed by atoms with van der Waals surface area (Å²) in [6, 6.07) is 7.59. The lowest BCUT2D eigenvalue weighted by atomic mass is 10.0. The summed E-state index contributed by atoms with van der Waals surface area (Å²) in [5.74, 6) is 1.67. The molecule has 26 heavy (non-hydrogen) atoms. The summed E-state index contributed by atoms with van der Waals surface area (Å²) in [5.41, 5.74) is 4.20. The van der Waals surface area contributed by atoms with E-state index in [1.807, 2.05) is 24.3 Å². The summed E-state index contributed by atoms with van der Waals surface area (Å²) in [6.45, 7) is 0. The number of methoxy groups -OCH3 is 3. The van der Waals surface area contributed by atoms with E-state index in [4.69, 9.17) is 18.6 Å². The van der Waals surface area contributed by atoms with Crippen LogP contribution in [0.2, 0.25) is 0 Å². The van der Waals surface area contributed by atoms with E-state index in [1.54, 1.807) is 40.1 Å². The van der Waals surface area contributed by atoms with Crippen LogP contribution >= 0.6 is 0 Å². The van der Waals surface area contributed by atoms with Crippen molar-refractivity contribution in [2.24, 2.45) is 0 Å². The van der Waals surface area contributed by atoms with Crippen LogP contribution in [0.15, 0.2) is 47.4 Å². The molecular weight excluding hydrogens is 334 g/mol. The van der Waals surface area contributed by atoms with Gasteiger partial charge in [0.05, 0.1) is 44.9 Å². The van der Waals surface area contributed by atoms with Crippen molar-refractivity contribution in [3.8, 4) is 39.6 Å². The molecule has 0 fully saturated rings. The van der Waals surface area contributed by atoms with Crippen LogP contribution in [0.1, 0.15) is 0 Å². The smallest absolute Gasteiger partial charge is 0.203 e. The van der Waals surface area contributed by atoms with Gasteiger partial charge in [0.2, 0.25) is 5.75 Å². The molecule has 1 N–H and O–H groups in total. The van der Waals surface area contributed by atoms with Crippen LogP contribution in [0.25, 0.3) is 33.4 Å². The molecule has 3 heterocycles. The van der Waals surface area contributed by atoms with Gasteiger partial charge in [-0.2, -0.15) is 5.10 Å². The highest BCUT2D eigenvalue weighted by molar-refractivity contribution is 6.02. The molecule has 0 saturated carbocycles. The lowest BCUT2D eigenvalue weighted by molar-refractivity contribution is 0.324. The number of benzene rings is 1. The molecule has 0 aliphatic rings. The zero-order valence-corrected chi connectivity index (χ0v) is 14.6. The number of aromatic nitrogens is 3. The first-order chi connectivity index (χ1) is 12.8. The summed E-state index contributed by atoms with van der Waals surface area (Å²) in [6.07, 6.45) is 5.06. The number of H-pyrrole nitrogens is 1. The van der Waals surface area contributed by atoms with Gasteiger partial charge in [-0.15, -0.1) is 0 Å². The van der Waals surface area contributed by atoms with Crippen LogP contribution in [0.5, 0.6) is 17.2 Å². The molecule has 0 amide bonds. The molecule has 0 saturated heterocycles. The molecule has 4 aromatic rings. The van der Waals surface area contributed by atoms with Crippen molar-refractivity contribution in [1.29, 1.82) is 0 Å². The molecule has 4 rings (SSSR count). The standard InChI is InChI=1S/C19H17N3O4/c1-23-14-8-12(9-15(24-2)18(14)25-3)17-16-13(11-5-7-26-10-11)4-6-20-19(16)22-21-17/h4-10H,1-3H3,(H,20,21,22). The molecule has 0 spiro atoms. The summed E-state index contributed by atoms with van der Waals surface area (Å²) in [5, 5.41) is 8.31. The van der Waals surface area contributed by atoms with Gasteiger partial charge >= 0.3 is 0 Å². The Morgan fingerprint density at radius 2 is 1.73 bits per heavy atom. The van der Waals surface area contributed by atoms with E-state index in [-0.39, 0.29) is 0 Å². The number of nitrogens with zero attached hydrogens (tertiary/aromatic N) is 2. The van der Waals surface area contributed by atoms with Crippen LogP contribution < -0.4 is 14.2 Å². The molecule has 3 aromatic heterocycles. The minimum atomic E-state index is 0.538. The Hall–Kier alpha value is -3.48. The maximum absolute atomic E-state index is 5.46. The first kappa shape index (κ1) is 16.0. The van der Waals surface area contributed by atoms with Gasteiger partial charge in [0.15, 0.2) is 17.1 Å². The number of fused-ring (bicyclic) bond motifs is 1. The first-order valence-electron chi connectivity index (χ1n) is 7.92. The molecule has 0 atom stereocenters. The Labute approximate surface area is 149 Å². The van der Waals surface area contributed by atoms with Crippen LogP contribution in [-0.4, -0.2) is 36.5 Å². The van der Waals surface area contributed by atoms with Crippen LogP contribution in [0, 0.1) is 0 Å². The van der Waals surface area contributed by atoms with E-state index in [0.29, 0.717) is 22.9 Å². The fourth-order valence-electron chi connectivity index (χ4n) is 3.04. The highest BCUT2D eigenvalue weighted by atomic mass is 16.5. The fraction of sp³-hybridized carbons (Fsp3) is 0.158. The second kappa shape index (κ2) is 6.44. The van der Waals surface area contributed by atoms with Crippen molar-refractivity contribution in [3.05, 3.63) is 43.0 Å². The minimum Gasteiger partial charge on any atom is -0.493 e. The number of aromatic amines is 1. The van der Waals surface area contributed by atoms with Crippen molar-refractivity contribution in [3.63, 3.8) is 0 Å².